The molecule has 7 heteroatoms. The highest BCUT2D eigenvalue weighted by atomic mass is 16.5. The van der Waals surface area contributed by atoms with Crippen LogP contribution in [0.25, 0.3) is 0 Å². The summed E-state index contributed by atoms with van der Waals surface area (Å²) in [7, 11) is 1.79. The van der Waals surface area contributed by atoms with E-state index in [-0.39, 0.29) is 0 Å². The third-order valence-corrected chi connectivity index (χ3v) is 3.30. The van der Waals surface area contributed by atoms with Crippen LogP contribution in [0.3, 0.4) is 0 Å². The van der Waals surface area contributed by atoms with Crippen molar-refractivity contribution in [2.45, 2.75) is 19.4 Å². The Morgan fingerprint density at radius 2 is 2.09 bits per heavy atom. The predicted molar refractivity (Wildman–Crippen MR) is 79.4 cm³/mol. The highest BCUT2D eigenvalue weighted by Gasteiger charge is 2.19. The first kappa shape index (κ1) is 18.1. The highest BCUT2D eigenvalue weighted by molar-refractivity contribution is 6.27. The topological polar surface area (TPSA) is 100.0 Å². The van der Waals surface area contributed by atoms with Gasteiger partial charge in [0.1, 0.15) is 0 Å². The van der Waals surface area contributed by atoms with Crippen LogP contribution in [0.15, 0.2) is 24.4 Å². The smallest absolute Gasteiger partial charge is 0.414 e. The molecule has 2 rings (SSSR count). The number of carbonyl (C=O) groups is 2. The van der Waals surface area contributed by atoms with E-state index in [1.54, 1.807) is 7.11 Å². The van der Waals surface area contributed by atoms with Crippen LogP contribution in [-0.4, -0.2) is 58.8 Å². The molecule has 1 aliphatic rings. The largest absolute Gasteiger partial charge is 0.473 e. The van der Waals surface area contributed by atoms with Crippen molar-refractivity contribution in [1.29, 1.82) is 0 Å². The van der Waals surface area contributed by atoms with E-state index in [9.17, 15) is 0 Å². The van der Waals surface area contributed by atoms with Crippen molar-refractivity contribution in [3.05, 3.63) is 30.1 Å². The molecule has 1 fully saturated rings. The number of piperidine rings is 1. The molecule has 0 aromatic carbocycles. The Labute approximate surface area is 129 Å². The Morgan fingerprint density at radius 1 is 1.36 bits per heavy atom. The van der Waals surface area contributed by atoms with Gasteiger partial charge in [0.15, 0.2) is 0 Å². The zero-order valence-corrected chi connectivity index (χ0v) is 12.6. The number of likely N-dealkylation sites (tertiary alicyclic amines) is 1. The Balaban J connectivity index is 0.000000346. The van der Waals surface area contributed by atoms with E-state index in [2.05, 4.69) is 22.0 Å². The quantitative estimate of drug-likeness (QED) is 0.803. The van der Waals surface area contributed by atoms with Crippen LogP contribution in [0.5, 0.6) is 0 Å². The summed E-state index contributed by atoms with van der Waals surface area (Å²) in [5.41, 5.74) is 1.17. The number of hydrogen-bond donors (Lipinski definition) is 2. The number of carboxylic acid groups (broad SMARTS) is 2. The van der Waals surface area contributed by atoms with Crippen LogP contribution in [0, 0.1) is 5.92 Å². The van der Waals surface area contributed by atoms with E-state index in [0.717, 1.165) is 19.7 Å². The molecule has 0 aliphatic carbocycles. The van der Waals surface area contributed by atoms with Gasteiger partial charge in [-0.25, -0.2) is 9.59 Å². The molecule has 1 aliphatic heterocycles. The molecule has 1 aromatic rings. The van der Waals surface area contributed by atoms with E-state index >= 15 is 0 Å². The van der Waals surface area contributed by atoms with Gasteiger partial charge in [-0.15, -0.1) is 0 Å². The summed E-state index contributed by atoms with van der Waals surface area (Å²) in [5, 5.41) is 14.8. The van der Waals surface area contributed by atoms with Crippen molar-refractivity contribution in [2.75, 3.05) is 26.8 Å². The summed E-state index contributed by atoms with van der Waals surface area (Å²) < 4.78 is 5.24. The van der Waals surface area contributed by atoms with Gasteiger partial charge in [-0.3, -0.25) is 9.88 Å². The van der Waals surface area contributed by atoms with E-state index < -0.39 is 11.9 Å². The van der Waals surface area contributed by atoms with Crippen LogP contribution in [0.4, 0.5) is 0 Å². The number of hydrogen-bond acceptors (Lipinski definition) is 5. The van der Waals surface area contributed by atoms with E-state index in [1.165, 1.54) is 25.1 Å². The van der Waals surface area contributed by atoms with Gasteiger partial charge in [0, 0.05) is 26.4 Å². The molecule has 0 radical (unpaired) electrons. The molecule has 0 spiro atoms. The van der Waals surface area contributed by atoms with Crippen molar-refractivity contribution >= 4 is 11.9 Å². The SMILES string of the molecule is COCC1CCCN(Cc2ccccn2)C1.O=C(O)C(=O)O. The van der Waals surface area contributed by atoms with Gasteiger partial charge in [0.25, 0.3) is 0 Å². The van der Waals surface area contributed by atoms with Crippen LogP contribution >= 0.6 is 0 Å². The van der Waals surface area contributed by atoms with Crippen LogP contribution in [0.1, 0.15) is 18.5 Å². The number of aromatic nitrogens is 1. The van der Waals surface area contributed by atoms with E-state index in [1.807, 2.05) is 12.3 Å². The summed E-state index contributed by atoms with van der Waals surface area (Å²) in [6, 6.07) is 6.12. The molecule has 0 amide bonds. The van der Waals surface area contributed by atoms with Gasteiger partial charge in [-0.05, 0) is 37.4 Å². The molecule has 122 valence electrons. The maximum atomic E-state index is 9.10. The number of carboxylic acids is 2. The van der Waals surface area contributed by atoms with Gasteiger partial charge in [-0.2, -0.15) is 0 Å². The molecule has 1 aromatic heterocycles. The van der Waals surface area contributed by atoms with Crippen molar-refractivity contribution in [3.63, 3.8) is 0 Å². The molecular weight excluding hydrogens is 288 g/mol. The van der Waals surface area contributed by atoms with Crippen LogP contribution in [-0.2, 0) is 20.9 Å². The lowest BCUT2D eigenvalue weighted by Gasteiger charge is -2.32. The fraction of sp³-hybridized carbons (Fsp3) is 0.533. The average molecular weight is 310 g/mol. The monoisotopic (exact) mass is 310 g/mol. The maximum Gasteiger partial charge on any atom is 0.414 e. The zero-order valence-electron chi connectivity index (χ0n) is 12.6. The second-order valence-electron chi connectivity index (χ2n) is 5.13. The molecule has 22 heavy (non-hydrogen) atoms. The summed E-state index contributed by atoms with van der Waals surface area (Å²) in [6.07, 6.45) is 4.44. The minimum absolute atomic E-state index is 0.697. The fourth-order valence-electron chi connectivity index (χ4n) is 2.39. The number of pyridine rings is 1. The number of ether oxygens (including phenoxy) is 1. The second-order valence-corrected chi connectivity index (χ2v) is 5.13. The average Bonchev–Trinajstić information content (AvgIpc) is 2.49. The minimum Gasteiger partial charge on any atom is -0.473 e. The van der Waals surface area contributed by atoms with E-state index in [0.29, 0.717) is 5.92 Å². The predicted octanol–water partition coefficient (Wildman–Crippen LogP) is 1.10. The van der Waals surface area contributed by atoms with Gasteiger partial charge in [-0.1, -0.05) is 6.07 Å². The third kappa shape index (κ3) is 7.14. The number of rotatable bonds is 4. The number of aliphatic carboxylic acids is 2. The molecule has 0 saturated carbocycles. The van der Waals surface area contributed by atoms with Gasteiger partial charge in [0.05, 0.1) is 12.3 Å². The lowest BCUT2D eigenvalue weighted by atomic mass is 9.99. The summed E-state index contributed by atoms with van der Waals surface area (Å²) >= 11 is 0. The molecule has 7 nitrogen and oxygen atoms in total. The normalized spacial score (nSPS) is 18.1. The molecule has 2 N–H and O–H groups in total. The number of methoxy groups -OCH3 is 1. The lowest BCUT2D eigenvalue weighted by Crippen LogP contribution is -2.36. The first-order valence-corrected chi connectivity index (χ1v) is 7.10. The number of nitrogens with zero attached hydrogens (tertiary/aromatic N) is 2. The van der Waals surface area contributed by atoms with Crippen LogP contribution in [0.2, 0.25) is 0 Å². The lowest BCUT2D eigenvalue weighted by molar-refractivity contribution is -0.159. The summed E-state index contributed by atoms with van der Waals surface area (Å²) in [5.74, 6) is -2.95. The third-order valence-electron chi connectivity index (χ3n) is 3.30. The second kappa shape index (κ2) is 9.86. The Bertz CT molecular complexity index is 452. The molecule has 0 bridgehead atoms. The minimum atomic E-state index is -1.82. The van der Waals surface area contributed by atoms with Crippen molar-refractivity contribution in [3.8, 4) is 0 Å². The van der Waals surface area contributed by atoms with Gasteiger partial charge < -0.3 is 14.9 Å². The maximum absolute atomic E-state index is 9.10. The van der Waals surface area contributed by atoms with Gasteiger partial charge >= 0.3 is 11.9 Å². The zero-order chi connectivity index (χ0) is 16.4. The standard InChI is InChI=1S/C13H20N2O.C2H2O4/c1-16-11-12-5-4-8-15(9-12)10-13-6-2-3-7-14-13;3-1(4)2(5)6/h2-3,6-7,12H,4-5,8-11H2,1H3;(H,3,4)(H,5,6). The summed E-state index contributed by atoms with van der Waals surface area (Å²) in [4.78, 5) is 25.1. The molecular formula is C15H22N2O5. The van der Waals surface area contributed by atoms with Crippen molar-refractivity contribution in [1.82, 2.24) is 9.88 Å². The van der Waals surface area contributed by atoms with Crippen molar-refractivity contribution < 1.29 is 24.5 Å². The van der Waals surface area contributed by atoms with Crippen LogP contribution < -0.4 is 0 Å². The Morgan fingerprint density at radius 3 is 2.64 bits per heavy atom. The molecule has 2 heterocycles. The Hall–Kier alpha value is -1.99. The molecule has 1 unspecified atom stereocenters. The van der Waals surface area contributed by atoms with Gasteiger partial charge in [0.2, 0.25) is 0 Å². The summed E-state index contributed by atoms with van der Waals surface area (Å²) in [6.45, 7) is 4.20. The molecule has 1 saturated heterocycles. The Kier molecular flexibility index (Phi) is 8.09. The van der Waals surface area contributed by atoms with E-state index in [4.69, 9.17) is 24.5 Å². The molecule has 1 atom stereocenters. The highest BCUT2D eigenvalue weighted by Crippen LogP contribution is 2.18. The van der Waals surface area contributed by atoms with Crippen molar-refractivity contribution in [2.24, 2.45) is 5.92 Å². The fourth-order valence-corrected chi connectivity index (χ4v) is 2.39. The first-order chi connectivity index (χ1) is 10.5. The first-order valence-electron chi connectivity index (χ1n) is 7.10.